The zero-order chi connectivity index (χ0) is 13.1. The molecule has 4 heteroatoms. The van der Waals surface area contributed by atoms with E-state index < -0.39 is 0 Å². The molecule has 1 fully saturated rings. The molecule has 0 aromatic heterocycles. The number of anilines is 1. The Morgan fingerprint density at radius 2 is 2.00 bits per heavy atom. The van der Waals surface area contributed by atoms with E-state index in [4.69, 9.17) is 4.74 Å². The third kappa shape index (κ3) is 2.64. The number of amides is 1. The van der Waals surface area contributed by atoms with Crippen molar-refractivity contribution < 1.29 is 9.53 Å². The van der Waals surface area contributed by atoms with Crippen LogP contribution in [0.15, 0.2) is 24.3 Å². The Labute approximate surface area is 108 Å². The van der Waals surface area contributed by atoms with Crippen molar-refractivity contribution in [2.45, 2.75) is 26.0 Å². The molecule has 0 radical (unpaired) electrons. The minimum Gasteiger partial charge on any atom is -0.388 e. The minimum atomic E-state index is 0.0836. The molecular formula is C14H20N2O2. The molecule has 0 bridgehead atoms. The average molecular weight is 248 g/mol. The normalized spacial score (nSPS) is 23.8. The van der Waals surface area contributed by atoms with Gasteiger partial charge in [-0.15, -0.1) is 0 Å². The first-order chi connectivity index (χ1) is 8.61. The molecule has 4 nitrogen and oxygen atoms in total. The highest BCUT2D eigenvalue weighted by molar-refractivity contribution is 5.94. The van der Waals surface area contributed by atoms with E-state index in [0.29, 0.717) is 13.2 Å². The number of morpholine rings is 1. The van der Waals surface area contributed by atoms with Crippen LogP contribution in [0.2, 0.25) is 0 Å². The fourth-order valence-electron chi connectivity index (χ4n) is 2.13. The van der Waals surface area contributed by atoms with Crippen LogP contribution in [0.3, 0.4) is 0 Å². The Hall–Kier alpha value is -1.55. The highest BCUT2D eigenvalue weighted by Crippen LogP contribution is 2.17. The first kappa shape index (κ1) is 12.9. The molecule has 1 aliphatic rings. The summed E-state index contributed by atoms with van der Waals surface area (Å²) in [5, 5.41) is 3.04. The van der Waals surface area contributed by atoms with Crippen LogP contribution in [-0.4, -0.2) is 43.2 Å². The number of rotatable bonds is 2. The number of carbonyl (C=O) groups excluding carboxylic acids is 1. The highest BCUT2D eigenvalue weighted by atomic mass is 16.5. The standard InChI is InChI=1S/C14H20N2O2/c1-10-9-18-11(2)8-16(10)14(17)12-4-6-13(15-3)7-5-12/h4-7,10-11,15H,8-9H2,1-3H3. The second-order valence-electron chi connectivity index (χ2n) is 4.78. The van der Waals surface area contributed by atoms with Crippen molar-refractivity contribution in [1.82, 2.24) is 4.90 Å². The number of hydrogen-bond donors (Lipinski definition) is 1. The lowest BCUT2D eigenvalue weighted by Gasteiger charge is -2.36. The quantitative estimate of drug-likeness (QED) is 0.870. The van der Waals surface area contributed by atoms with Gasteiger partial charge in [0.25, 0.3) is 5.91 Å². The molecule has 1 N–H and O–H groups in total. The lowest BCUT2D eigenvalue weighted by Crippen LogP contribution is -2.50. The lowest BCUT2D eigenvalue weighted by atomic mass is 10.1. The molecule has 98 valence electrons. The van der Waals surface area contributed by atoms with E-state index in [-0.39, 0.29) is 18.1 Å². The largest absolute Gasteiger partial charge is 0.388 e. The molecule has 2 unspecified atom stereocenters. The fourth-order valence-corrected chi connectivity index (χ4v) is 2.13. The molecule has 2 atom stereocenters. The Morgan fingerprint density at radius 1 is 1.33 bits per heavy atom. The van der Waals surface area contributed by atoms with Gasteiger partial charge in [0, 0.05) is 24.8 Å². The number of ether oxygens (including phenoxy) is 1. The van der Waals surface area contributed by atoms with Crippen molar-refractivity contribution in [2.24, 2.45) is 0 Å². The molecule has 0 saturated carbocycles. The zero-order valence-electron chi connectivity index (χ0n) is 11.1. The first-order valence-electron chi connectivity index (χ1n) is 6.32. The van der Waals surface area contributed by atoms with Crippen LogP contribution in [0.4, 0.5) is 5.69 Å². The van der Waals surface area contributed by atoms with E-state index in [2.05, 4.69) is 5.32 Å². The van der Waals surface area contributed by atoms with Crippen molar-refractivity contribution in [2.75, 3.05) is 25.5 Å². The van der Waals surface area contributed by atoms with Crippen molar-refractivity contribution >= 4 is 11.6 Å². The van der Waals surface area contributed by atoms with Crippen LogP contribution in [0.5, 0.6) is 0 Å². The van der Waals surface area contributed by atoms with E-state index >= 15 is 0 Å². The Bertz CT molecular complexity index is 416. The van der Waals surface area contributed by atoms with E-state index in [1.807, 2.05) is 50.1 Å². The van der Waals surface area contributed by atoms with Crippen LogP contribution >= 0.6 is 0 Å². The summed E-state index contributed by atoms with van der Waals surface area (Å²) in [5.74, 6) is 0.0836. The molecule has 1 aromatic carbocycles. The molecule has 1 heterocycles. The van der Waals surface area contributed by atoms with Gasteiger partial charge in [0.2, 0.25) is 0 Å². The van der Waals surface area contributed by atoms with E-state index in [0.717, 1.165) is 11.3 Å². The summed E-state index contributed by atoms with van der Waals surface area (Å²) in [6.07, 6.45) is 0.113. The van der Waals surface area contributed by atoms with Crippen LogP contribution in [0.1, 0.15) is 24.2 Å². The molecule has 1 saturated heterocycles. The van der Waals surface area contributed by atoms with Gasteiger partial charge in [-0.2, -0.15) is 0 Å². The second kappa shape index (κ2) is 5.40. The number of nitrogens with one attached hydrogen (secondary N) is 1. The van der Waals surface area contributed by atoms with Gasteiger partial charge in [-0.05, 0) is 38.1 Å². The van der Waals surface area contributed by atoms with Gasteiger partial charge in [0.1, 0.15) is 0 Å². The molecule has 2 rings (SSSR count). The summed E-state index contributed by atoms with van der Waals surface area (Å²) in [4.78, 5) is 14.3. The Balaban J connectivity index is 2.13. The van der Waals surface area contributed by atoms with E-state index in [9.17, 15) is 4.79 Å². The maximum absolute atomic E-state index is 12.4. The number of benzene rings is 1. The maximum Gasteiger partial charge on any atom is 0.254 e. The topological polar surface area (TPSA) is 41.6 Å². The Kier molecular flexibility index (Phi) is 3.87. The van der Waals surface area contributed by atoms with Crippen LogP contribution in [0, 0.1) is 0 Å². The van der Waals surface area contributed by atoms with Gasteiger partial charge in [-0.1, -0.05) is 0 Å². The predicted octanol–water partition coefficient (Wildman–Crippen LogP) is 1.98. The van der Waals surface area contributed by atoms with Crippen LogP contribution in [0.25, 0.3) is 0 Å². The minimum absolute atomic E-state index is 0.0836. The van der Waals surface area contributed by atoms with Crippen LogP contribution in [-0.2, 0) is 4.74 Å². The Morgan fingerprint density at radius 3 is 2.61 bits per heavy atom. The third-order valence-electron chi connectivity index (χ3n) is 3.29. The van der Waals surface area contributed by atoms with Gasteiger partial charge in [-0.25, -0.2) is 0 Å². The smallest absolute Gasteiger partial charge is 0.254 e. The SMILES string of the molecule is CNc1ccc(C(=O)N2CC(C)OCC2C)cc1. The van der Waals surface area contributed by atoms with E-state index in [1.54, 1.807) is 0 Å². The molecule has 1 amide bonds. The summed E-state index contributed by atoms with van der Waals surface area (Å²) in [6.45, 7) is 5.29. The van der Waals surface area contributed by atoms with Crippen molar-refractivity contribution in [3.8, 4) is 0 Å². The summed E-state index contributed by atoms with van der Waals surface area (Å²) in [6, 6.07) is 7.70. The van der Waals surface area contributed by atoms with Gasteiger partial charge >= 0.3 is 0 Å². The summed E-state index contributed by atoms with van der Waals surface area (Å²) < 4.78 is 5.54. The zero-order valence-corrected chi connectivity index (χ0v) is 11.1. The highest BCUT2D eigenvalue weighted by Gasteiger charge is 2.28. The third-order valence-corrected chi connectivity index (χ3v) is 3.29. The second-order valence-corrected chi connectivity index (χ2v) is 4.78. The summed E-state index contributed by atoms with van der Waals surface area (Å²) >= 11 is 0. The van der Waals surface area contributed by atoms with Crippen molar-refractivity contribution in [1.29, 1.82) is 0 Å². The van der Waals surface area contributed by atoms with Gasteiger partial charge in [0.05, 0.1) is 18.8 Å². The lowest BCUT2D eigenvalue weighted by molar-refractivity contribution is -0.0387. The number of hydrogen-bond acceptors (Lipinski definition) is 3. The molecular weight excluding hydrogens is 228 g/mol. The van der Waals surface area contributed by atoms with Crippen LogP contribution < -0.4 is 5.32 Å². The van der Waals surface area contributed by atoms with Crippen molar-refractivity contribution in [3.05, 3.63) is 29.8 Å². The number of carbonyl (C=O) groups is 1. The summed E-state index contributed by atoms with van der Waals surface area (Å²) in [5.41, 5.74) is 1.74. The first-order valence-corrected chi connectivity index (χ1v) is 6.32. The van der Waals surface area contributed by atoms with Gasteiger partial charge in [-0.3, -0.25) is 4.79 Å². The van der Waals surface area contributed by atoms with Crippen molar-refractivity contribution in [3.63, 3.8) is 0 Å². The monoisotopic (exact) mass is 248 g/mol. The van der Waals surface area contributed by atoms with Gasteiger partial charge in [0.15, 0.2) is 0 Å². The molecule has 0 aliphatic carbocycles. The summed E-state index contributed by atoms with van der Waals surface area (Å²) in [7, 11) is 1.86. The fraction of sp³-hybridized carbons (Fsp3) is 0.500. The maximum atomic E-state index is 12.4. The molecule has 0 spiro atoms. The average Bonchev–Trinajstić information content (AvgIpc) is 2.41. The van der Waals surface area contributed by atoms with Gasteiger partial charge < -0.3 is 15.0 Å². The predicted molar refractivity (Wildman–Crippen MR) is 71.9 cm³/mol. The molecule has 18 heavy (non-hydrogen) atoms. The molecule has 1 aromatic rings. The molecule has 1 aliphatic heterocycles. The number of nitrogens with zero attached hydrogens (tertiary/aromatic N) is 1. The van der Waals surface area contributed by atoms with E-state index in [1.165, 1.54) is 0 Å².